The van der Waals surface area contributed by atoms with Crippen LogP contribution in [0.5, 0.6) is 5.75 Å². The number of likely N-dealkylation sites (N-methyl/N-ethyl adjacent to an activating group) is 1. The predicted octanol–water partition coefficient (Wildman–Crippen LogP) is 4.46. The molecule has 0 saturated carbocycles. The third-order valence-corrected chi connectivity index (χ3v) is 5.04. The maximum absolute atomic E-state index is 12.7. The Hall–Kier alpha value is -3.12. The van der Waals surface area contributed by atoms with Gasteiger partial charge >= 0.3 is 0 Å². The van der Waals surface area contributed by atoms with Gasteiger partial charge in [0.2, 0.25) is 0 Å². The van der Waals surface area contributed by atoms with Crippen LogP contribution in [0.1, 0.15) is 25.6 Å². The monoisotopic (exact) mass is 394 g/mol. The molecule has 0 fully saturated rings. The van der Waals surface area contributed by atoms with Gasteiger partial charge in [0.05, 0.1) is 11.4 Å². The number of nitrogens with one attached hydrogen (secondary N) is 1. The van der Waals surface area contributed by atoms with Gasteiger partial charge in [-0.2, -0.15) is 0 Å². The molecule has 0 radical (unpaired) electrons. The van der Waals surface area contributed by atoms with Crippen molar-refractivity contribution in [3.63, 3.8) is 0 Å². The molecule has 1 N–H and O–H groups in total. The Morgan fingerprint density at radius 2 is 1.86 bits per heavy atom. The zero-order valence-electron chi connectivity index (χ0n) is 15.8. The second-order valence-electron chi connectivity index (χ2n) is 6.40. The van der Waals surface area contributed by atoms with E-state index in [1.165, 1.54) is 16.9 Å². The molecule has 5 nitrogen and oxygen atoms in total. The fourth-order valence-corrected chi connectivity index (χ4v) is 3.21. The smallest absolute Gasteiger partial charge is 0.265 e. The van der Waals surface area contributed by atoms with Gasteiger partial charge in [0, 0.05) is 18.3 Å². The molecule has 0 spiro atoms. The van der Waals surface area contributed by atoms with Gasteiger partial charge in [-0.1, -0.05) is 29.8 Å². The van der Waals surface area contributed by atoms with Crippen LogP contribution in [0.15, 0.2) is 66.0 Å². The summed E-state index contributed by atoms with van der Waals surface area (Å²) in [6.45, 7) is 2.88. The van der Waals surface area contributed by atoms with Gasteiger partial charge in [0.25, 0.3) is 11.8 Å². The van der Waals surface area contributed by atoms with Crippen molar-refractivity contribution < 1.29 is 14.3 Å². The van der Waals surface area contributed by atoms with Crippen molar-refractivity contribution in [3.8, 4) is 5.75 Å². The van der Waals surface area contributed by atoms with E-state index < -0.39 is 0 Å². The van der Waals surface area contributed by atoms with Crippen molar-refractivity contribution in [1.29, 1.82) is 0 Å². The molecular weight excluding hydrogens is 372 g/mol. The Morgan fingerprint density at radius 3 is 2.57 bits per heavy atom. The highest BCUT2D eigenvalue weighted by atomic mass is 32.1. The number of carbonyl (C=O) groups is 2. The van der Waals surface area contributed by atoms with Crippen LogP contribution >= 0.6 is 11.3 Å². The van der Waals surface area contributed by atoms with Crippen LogP contribution in [0.3, 0.4) is 0 Å². The van der Waals surface area contributed by atoms with E-state index in [0.717, 1.165) is 5.75 Å². The standard InChI is InChI=1S/C22H22N2O3S/c1-16-8-10-19(11-9-16)27-13-12-24(2)22(26)17-5-3-6-18(15-17)23-21(25)20-7-4-14-28-20/h3-11,14-15H,12-13H2,1-2H3,(H,23,25). The number of hydrogen-bond donors (Lipinski definition) is 1. The SMILES string of the molecule is Cc1ccc(OCCN(C)C(=O)c2cccc(NC(=O)c3cccs3)c2)cc1. The zero-order chi connectivity index (χ0) is 19.9. The topological polar surface area (TPSA) is 58.6 Å². The third kappa shape index (κ3) is 5.20. The summed E-state index contributed by atoms with van der Waals surface area (Å²) in [6.07, 6.45) is 0. The lowest BCUT2D eigenvalue weighted by Gasteiger charge is -2.18. The fraction of sp³-hybridized carbons (Fsp3) is 0.182. The molecule has 1 heterocycles. The van der Waals surface area contributed by atoms with Crippen LogP contribution in [-0.2, 0) is 0 Å². The van der Waals surface area contributed by atoms with E-state index in [4.69, 9.17) is 4.74 Å². The number of ether oxygens (including phenoxy) is 1. The van der Waals surface area contributed by atoms with Gasteiger partial charge < -0.3 is 15.0 Å². The average molecular weight is 394 g/mol. The van der Waals surface area contributed by atoms with E-state index in [1.807, 2.05) is 42.6 Å². The molecule has 0 bridgehead atoms. The normalized spacial score (nSPS) is 10.4. The molecule has 28 heavy (non-hydrogen) atoms. The molecule has 6 heteroatoms. The van der Waals surface area contributed by atoms with Gasteiger partial charge in [0.1, 0.15) is 12.4 Å². The van der Waals surface area contributed by atoms with Crippen molar-refractivity contribution in [1.82, 2.24) is 4.90 Å². The van der Waals surface area contributed by atoms with E-state index in [2.05, 4.69) is 5.32 Å². The van der Waals surface area contributed by atoms with Gasteiger partial charge in [-0.05, 0) is 48.7 Å². The van der Waals surface area contributed by atoms with E-state index in [9.17, 15) is 9.59 Å². The maximum Gasteiger partial charge on any atom is 0.265 e. The van der Waals surface area contributed by atoms with Crippen molar-refractivity contribution >= 4 is 28.8 Å². The summed E-state index contributed by atoms with van der Waals surface area (Å²) in [5.74, 6) is 0.476. The van der Waals surface area contributed by atoms with Crippen molar-refractivity contribution in [3.05, 3.63) is 82.0 Å². The number of nitrogens with zero attached hydrogens (tertiary/aromatic N) is 1. The van der Waals surface area contributed by atoms with Crippen LogP contribution in [0.2, 0.25) is 0 Å². The van der Waals surface area contributed by atoms with Crippen LogP contribution in [0.25, 0.3) is 0 Å². The van der Waals surface area contributed by atoms with Crippen molar-refractivity contribution in [2.24, 2.45) is 0 Å². The average Bonchev–Trinajstić information content (AvgIpc) is 3.24. The molecule has 0 aliphatic heterocycles. The molecule has 0 aliphatic carbocycles. The molecule has 0 saturated heterocycles. The minimum atomic E-state index is -0.181. The number of benzene rings is 2. The molecule has 3 rings (SSSR count). The Morgan fingerprint density at radius 1 is 1.07 bits per heavy atom. The van der Waals surface area contributed by atoms with Crippen molar-refractivity contribution in [2.75, 3.05) is 25.5 Å². The summed E-state index contributed by atoms with van der Waals surface area (Å²) in [6, 6.07) is 18.3. The second-order valence-corrected chi connectivity index (χ2v) is 7.35. The number of thiophene rings is 1. The number of aryl methyl sites for hydroxylation is 1. The molecule has 0 aliphatic rings. The maximum atomic E-state index is 12.7. The van der Waals surface area contributed by atoms with Gasteiger partial charge in [0.15, 0.2) is 0 Å². The summed E-state index contributed by atoms with van der Waals surface area (Å²) in [5, 5.41) is 4.67. The fourth-order valence-electron chi connectivity index (χ4n) is 2.59. The molecule has 144 valence electrons. The summed E-state index contributed by atoms with van der Waals surface area (Å²) >= 11 is 1.37. The van der Waals surface area contributed by atoms with E-state index in [-0.39, 0.29) is 11.8 Å². The number of carbonyl (C=O) groups excluding carboxylic acids is 2. The van der Waals surface area contributed by atoms with Crippen LogP contribution in [0.4, 0.5) is 5.69 Å². The first-order chi connectivity index (χ1) is 13.5. The minimum absolute atomic E-state index is 0.125. The third-order valence-electron chi connectivity index (χ3n) is 4.18. The van der Waals surface area contributed by atoms with E-state index >= 15 is 0 Å². The number of anilines is 1. The molecule has 0 atom stereocenters. The summed E-state index contributed by atoms with van der Waals surface area (Å²) in [5.41, 5.74) is 2.28. The first-order valence-electron chi connectivity index (χ1n) is 8.93. The molecule has 2 amide bonds. The first-order valence-corrected chi connectivity index (χ1v) is 9.81. The minimum Gasteiger partial charge on any atom is -0.492 e. The Kier molecular flexibility index (Phi) is 6.45. The Balaban J connectivity index is 1.55. The van der Waals surface area contributed by atoms with Crippen LogP contribution in [-0.4, -0.2) is 36.9 Å². The quantitative estimate of drug-likeness (QED) is 0.644. The Labute approximate surface area is 168 Å². The molecular formula is C22H22N2O3S. The highest BCUT2D eigenvalue weighted by molar-refractivity contribution is 7.12. The summed E-state index contributed by atoms with van der Waals surface area (Å²) in [4.78, 5) is 27.1. The van der Waals surface area contributed by atoms with Crippen LogP contribution in [0, 0.1) is 6.92 Å². The number of amides is 2. The largest absolute Gasteiger partial charge is 0.492 e. The summed E-state index contributed by atoms with van der Waals surface area (Å²) in [7, 11) is 1.73. The van der Waals surface area contributed by atoms with Gasteiger partial charge in [-0.15, -0.1) is 11.3 Å². The molecule has 0 unspecified atom stereocenters. The van der Waals surface area contributed by atoms with Crippen molar-refractivity contribution in [2.45, 2.75) is 6.92 Å². The number of hydrogen-bond acceptors (Lipinski definition) is 4. The van der Waals surface area contributed by atoms with E-state index in [0.29, 0.717) is 29.3 Å². The van der Waals surface area contributed by atoms with E-state index in [1.54, 1.807) is 42.3 Å². The lowest BCUT2D eigenvalue weighted by molar-refractivity contribution is 0.0773. The summed E-state index contributed by atoms with van der Waals surface area (Å²) < 4.78 is 5.69. The zero-order valence-corrected chi connectivity index (χ0v) is 16.7. The van der Waals surface area contributed by atoms with Crippen LogP contribution < -0.4 is 10.1 Å². The molecule has 2 aromatic carbocycles. The lowest BCUT2D eigenvalue weighted by Crippen LogP contribution is -2.31. The van der Waals surface area contributed by atoms with Gasteiger partial charge in [-0.3, -0.25) is 9.59 Å². The molecule has 3 aromatic rings. The second kappa shape index (κ2) is 9.19. The number of rotatable bonds is 7. The molecule has 1 aromatic heterocycles. The Bertz CT molecular complexity index is 937. The van der Waals surface area contributed by atoms with Gasteiger partial charge in [-0.25, -0.2) is 0 Å². The first kappa shape index (κ1) is 19.6. The lowest BCUT2D eigenvalue weighted by atomic mass is 10.1. The predicted molar refractivity (Wildman–Crippen MR) is 112 cm³/mol. The highest BCUT2D eigenvalue weighted by Crippen LogP contribution is 2.16. The highest BCUT2D eigenvalue weighted by Gasteiger charge is 2.13.